The van der Waals surface area contributed by atoms with Crippen molar-refractivity contribution in [2.45, 2.75) is 13.3 Å². The number of benzene rings is 2. The molecule has 0 amide bonds. The van der Waals surface area contributed by atoms with Crippen LogP contribution in [0.1, 0.15) is 24.5 Å². The first-order chi connectivity index (χ1) is 9.72. The van der Waals surface area contributed by atoms with Crippen molar-refractivity contribution < 1.29 is 4.39 Å². The first-order valence-electron chi connectivity index (χ1n) is 6.76. The molecule has 1 heterocycles. The second-order valence-corrected chi connectivity index (χ2v) is 4.81. The Morgan fingerprint density at radius 3 is 2.50 bits per heavy atom. The van der Waals surface area contributed by atoms with Gasteiger partial charge in [0.1, 0.15) is 5.82 Å². The highest BCUT2D eigenvalue weighted by atomic mass is 19.1. The molecule has 0 radical (unpaired) electrons. The predicted molar refractivity (Wildman–Crippen MR) is 82.6 cm³/mol. The smallest absolute Gasteiger partial charge is 0.133 e. The van der Waals surface area contributed by atoms with Crippen LogP contribution in [0.4, 0.5) is 10.1 Å². The van der Waals surface area contributed by atoms with Crippen LogP contribution in [0.3, 0.4) is 0 Å². The second kappa shape index (κ2) is 4.97. The van der Waals surface area contributed by atoms with Gasteiger partial charge in [0.05, 0.1) is 0 Å². The van der Waals surface area contributed by atoms with Crippen LogP contribution < -0.4 is 4.90 Å². The lowest BCUT2D eigenvalue weighted by Gasteiger charge is -2.33. The standard InChI is InChI=1S/C18H16FN/c1-3-15-12-14-8-7-11-17(19)18(14)13(2)20(15)16-9-5-4-6-10-16/h4-12H,2-3H2,1H3. The van der Waals surface area contributed by atoms with E-state index in [1.807, 2.05) is 47.4 Å². The van der Waals surface area contributed by atoms with Gasteiger partial charge in [-0.05, 0) is 36.3 Å². The molecule has 2 aromatic carbocycles. The number of hydrogen-bond acceptors (Lipinski definition) is 1. The summed E-state index contributed by atoms with van der Waals surface area (Å²) in [6.45, 7) is 6.21. The number of hydrogen-bond donors (Lipinski definition) is 0. The van der Waals surface area contributed by atoms with E-state index < -0.39 is 0 Å². The summed E-state index contributed by atoms with van der Waals surface area (Å²) in [6.07, 6.45) is 2.91. The molecule has 1 aliphatic heterocycles. The monoisotopic (exact) mass is 265 g/mol. The van der Waals surface area contributed by atoms with E-state index in [1.165, 1.54) is 6.07 Å². The van der Waals surface area contributed by atoms with E-state index >= 15 is 0 Å². The van der Waals surface area contributed by atoms with Crippen molar-refractivity contribution in [1.29, 1.82) is 0 Å². The lowest BCUT2D eigenvalue weighted by atomic mass is 9.96. The minimum atomic E-state index is -0.222. The molecule has 0 aliphatic carbocycles. The number of anilines is 1. The van der Waals surface area contributed by atoms with E-state index in [1.54, 1.807) is 6.07 Å². The first-order valence-corrected chi connectivity index (χ1v) is 6.76. The summed E-state index contributed by atoms with van der Waals surface area (Å²) in [5.41, 5.74) is 4.33. The van der Waals surface area contributed by atoms with E-state index in [4.69, 9.17) is 0 Å². The van der Waals surface area contributed by atoms with Crippen molar-refractivity contribution >= 4 is 17.5 Å². The molecule has 0 N–H and O–H groups in total. The number of para-hydroxylation sites is 1. The normalized spacial score (nSPS) is 14.0. The summed E-state index contributed by atoms with van der Waals surface area (Å²) >= 11 is 0. The molecule has 3 rings (SSSR count). The SMILES string of the molecule is C=C1c2c(F)cccc2C=C(CC)N1c1ccccc1. The summed E-state index contributed by atoms with van der Waals surface area (Å²) in [7, 11) is 0. The zero-order valence-electron chi connectivity index (χ0n) is 11.4. The lowest BCUT2D eigenvalue weighted by Crippen LogP contribution is -2.24. The Bertz CT molecular complexity index is 686. The van der Waals surface area contributed by atoms with Crippen LogP contribution in [0, 0.1) is 5.82 Å². The predicted octanol–water partition coefficient (Wildman–Crippen LogP) is 5.07. The largest absolute Gasteiger partial charge is 0.314 e. The van der Waals surface area contributed by atoms with Crippen LogP contribution in [0.2, 0.25) is 0 Å². The summed E-state index contributed by atoms with van der Waals surface area (Å²) in [4.78, 5) is 2.03. The molecule has 0 atom stereocenters. The van der Waals surface area contributed by atoms with Crippen molar-refractivity contribution in [3.63, 3.8) is 0 Å². The number of allylic oxidation sites excluding steroid dienone is 1. The molecule has 2 heteroatoms. The molecule has 0 saturated heterocycles. The average molecular weight is 265 g/mol. The quantitative estimate of drug-likeness (QED) is 0.733. The average Bonchev–Trinajstić information content (AvgIpc) is 2.47. The van der Waals surface area contributed by atoms with E-state index in [-0.39, 0.29) is 5.82 Å². The fraction of sp³-hybridized carbons (Fsp3) is 0.111. The third kappa shape index (κ3) is 1.94. The van der Waals surface area contributed by atoms with E-state index in [2.05, 4.69) is 13.5 Å². The van der Waals surface area contributed by atoms with Crippen LogP contribution in [-0.2, 0) is 0 Å². The zero-order chi connectivity index (χ0) is 14.1. The van der Waals surface area contributed by atoms with Crippen molar-refractivity contribution in [3.8, 4) is 0 Å². The molecule has 0 aromatic heterocycles. The summed E-state index contributed by atoms with van der Waals surface area (Å²) in [6, 6.07) is 15.1. The van der Waals surface area contributed by atoms with Gasteiger partial charge in [-0.2, -0.15) is 0 Å². The van der Waals surface area contributed by atoms with Gasteiger partial charge in [-0.1, -0.05) is 43.8 Å². The Hall–Kier alpha value is -2.35. The van der Waals surface area contributed by atoms with Crippen molar-refractivity contribution in [2.75, 3.05) is 4.90 Å². The molecule has 0 fully saturated rings. The number of halogens is 1. The fourth-order valence-corrected chi connectivity index (χ4v) is 2.65. The van der Waals surface area contributed by atoms with Crippen LogP contribution in [0.25, 0.3) is 11.8 Å². The van der Waals surface area contributed by atoms with Crippen molar-refractivity contribution in [2.24, 2.45) is 0 Å². The Morgan fingerprint density at radius 2 is 1.80 bits per heavy atom. The van der Waals surface area contributed by atoms with Gasteiger partial charge in [0.15, 0.2) is 0 Å². The summed E-state index contributed by atoms with van der Waals surface area (Å²) in [5.74, 6) is -0.222. The maximum atomic E-state index is 14.1. The second-order valence-electron chi connectivity index (χ2n) is 4.81. The van der Waals surface area contributed by atoms with Gasteiger partial charge in [-0.25, -0.2) is 4.39 Å². The molecule has 0 unspecified atom stereocenters. The molecule has 0 bridgehead atoms. The van der Waals surface area contributed by atoms with Crippen LogP contribution in [0.5, 0.6) is 0 Å². The van der Waals surface area contributed by atoms with Gasteiger partial charge in [-0.3, -0.25) is 0 Å². The maximum absolute atomic E-state index is 14.1. The molecule has 1 aliphatic rings. The third-order valence-corrected chi connectivity index (χ3v) is 3.59. The zero-order valence-corrected chi connectivity index (χ0v) is 11.4. The molecule has 0 saturated carbocycles. The summed E-state index contributed by atoms with van der Waals surface area (Å²) < 4.78 is 14.1. The minimum Gasteiger partial charge on any atom is -0.314 e. The topological polar surface area (TPSA) is 3.24 Å². The van der Waals surface area contributed by atoms with Gasteiger partial charge in [0.2, 0.25) is 0 Å². The third-order valence-electron chi connectivity index (χ3n) is 3.59. The molecular weight excluding hydrogens is 249 g/mol. The molecule has 100 valence electrons. The molecule has 0 spiro atoms. The van der Waals surface area contributed by atoms with Gasteiger partial charge in [0.25, 0.3) is 0 Å². The van der Waals surface area contributed by atoms with Crippen molar-refractivity contribution in [1.82, 2.24) is 0 Å². The number of rotatable bonds is 2. The minimum absolute atomic E-state index is 0.222. The molecule has 20 heavy (non-hydrogen) atoms. The molecule has 1 nitrogen and oxygen atoms in total. The van der Waals surface area contributed by atoms with E-state index in [9.17, 15) is 4.39 Å². The number of fused-ring (bicyclic) bond motifs is 1. The highest BCUT2D eigenvalue weighted by molar-refractivity contribution is 5.91. The lowest BCUT2D eigenvalue weighted by molar-refractivity contribution is 0.622. The Morgan fingerprint density at radius 1 is 1.05 bits per heavy atom. The Balaban J connectivity index is 2.19. The Kier molecular flexibility index (Phi) is 3.15. The van der Waals surface area contributed by atoms with Crippen LogP contribution in [0.15, 0.2) is 60.8 Å². The van der Waals surface area contributed by atoms with Crippen molar-refractivity contribution in [3.05, 3.63) is 77.8 Å². The van der Waals surface area contributed by atoms with Gasteiger partial charge in [0, 0.05) is 22.6 Å². The van der Waals surface area contributed by atoms with E-state index in [0.29, 0.717) is 11.3 Å². The van der Waals surface area contributed by atoms with Gasteiger partial charge >= 0.3 is 0 Å². The van der Waals surface area contributed by atoms with Gasteiger partial charge in [-0.15, -0.1) is 0 Å². The number of nitrogens with zero attached hydrogens (tertiary/aromatic N) is 1. The van der Waals surface area contributed by atoms with Crippen LogP contribution >= 0.6 is 0 Å². The molecular formula is C18H16FN. The summed E-state index contributed by atoms with van der Waals surface area (Å²) in [5, 5.41) is 0. The maximum Gasteiger partial charge on any atom is 0.133 e. The van der Waals surface area contributed by atoms with Gasteiger partial charge < -0.3 is 4.90 Å². The van der Waals surface area contributed by atoms with Crippen LogP contribution in [-0.4, -0.2) is 0 Å². The van der Waals surface area contributed by atoms with E-state index in [0.717, 1.165) is 23.4 Å². The highest BCUT2D eigenvalue weighted by Crippen LogP contribution is 2.38. The first kappa shape index (κ1) is 12.7. The Labute approximate surface area is 118 Å². The highest BCUT2D eigenvalue weighted by Gasteiger charge is 2.24. The molecule has 2 aromatic rings. The fourth-order valence-electron chi connectivity index (χ4n) is 2.65.